The summed E-state index contributed by atoms with van der Waals surface area (Å²) in [5.41, 5.74) is 0. The van der Waals surface area contributed by atoms with Gasteiger partial charge in [-0.1, -0.05) is 6.92 Å². The maximum Gasteiger partial charge on any atom is 0.0704 e. The Bertz CT molecular complexity index is 147. The summed E-state index contributed by atoms with van der Waals surface area (Å²) in [6.07, 6.45) is 1.02. The van der Waals surface area contributed by atoms with E-state index in [0.717, 1.165) is 32.7 Å². The molecule has 3 unspecified atom stereocenters. The lowest BCUT2D eigenvalue weighted by atomic mass is 10.1. The van der Waals surface area contributed by atoms with E-state index >= 15 is 0 Å². The van der Waals surface area contributed by atoms with Crippen molar-refractivity contribution in [3.05, 3.63) is 0 Å². The summed E-state index contributed by atoms with van der Waals surface area (Å²) in [5, 5.41) is 9.55. The average Bonchev–Trinajstić information content (AvgIpc) is 2.61. The van der Waals surface area contributed by atoms with E-state index in [1.807, 2.05) is 0 Å². The average molecular weight is 171 g/mol. The van der Waals surface area contributed by atoms with Crippen LogP contribution in [0.1, 0.15) is 13.3 Å². The minimum Gasteiger partial charge on any atom is -0.391 e. The summed E-state index contributed by atoms with van der Waals surface area (Å²) in [6, 6.07) is 0.574. The number of hydrogen-bond donors (Lipinski definition) is 1. The summed E-state index contributed by atoms with van der Waals surface area (Å²) in [6.45, 7) is 5.75. The lowest BCUT2D eigenvalue weighted by molar-refractivity contribution is 0.131. The molecule has 0 aliphatic carbocycles. The first-order valence-corrected chi connectivity index (χ1v) is 4.77. The van der Waals surface area contributed by atoms with Crippen LogP contribution in [0.3, 0.4) is 0 Å². The third-order valence-corrected chi connectivity index (χ3v) is 3.02. The number of rotatable bonds is 1. The SMILES string of the molecule is CC1CN(C2CCOC2)CC1O. The maximum absolute atomic E-state index is 9.55. The molecular formula is C9H17NO2. The molecule has 2 aliphatic heterocycles. The van der Waals surface area contributed by atoms with Gasteiger partial charge in [-0.15, -0.1) is 0 Å². The molecule has 2 fully saturated rings. The number of β-amino-alcohol motifs (C(OH)–C–C–N with tert-alkyl or cyclic N) is 1. The van der Waals surface area contributed by atoms with Crippen LogP contribution in [0.25, 0.3) is 0 Å². The van der Waals surface area contributed by atoms with E-state index in [2.05, 4.69) is 11.8 Å². The van der Waals surface area contributed by atoms with Crippen molar-refractivity contribution >= 4 is 0 Å². The zero-order chi connectivity index (χ0) is 8.55. The Labute approximate surface area is 73.3 Å². The fourth-order valence-electron chi connectivity index (χ4n) is 2.09. The van der Waals surface area contributed by atoms with Crippen molar-refractivity contribution < 1.29 is 9.84 Å². The van der Waals surface area contributed by atoms with Crippen LogP contribution in [0, 0.1) is 5.92 Å². The molecule has 2 saturated heterocycles. The molecule has 2 heterocycles. The minimum atomic E-state index is -0.120. The Balaban J connectivity index is 1.89. The monoisotopic (exact) mass is 171 g/mol. The second-order valence-corrected chi connectivity index (χ2v) is 4.02. The molecule has 0 bridgehead atoms. The molecule has 12 heavy (non-hydrogen) atoms. The molecule has 3 nitrogen and oxygen atoms in total. The number of nitrogens with zero attached hydrogens (tertiary/aromatic N) is 1. The Kier molecular flexibility index (Phi) is 2.35. The zero-order valence-corrected chi connectivity index (χ0v) is 7.57. The fraction of sp³-hybridized carbons (Fsp3) is 1.00. The Morgan fingerprint density at radius 3 is 2.75 bits per heavy atom. The van der Waals surface area contributed by atoms with Gasteiger partial charge in [0.05, 0.1) is 12.7 Å². The van der Waals surface area contributed by atoms with Crippen LogP contribution in [-0.2, 0) is 4.74 Å². The van der Waals surface area contributed by atoms with Crippen molar-refractivity contribution in [2.45, 2.75) is 25.5 Å². The standard InChI is InChI=1S/C9H17NO2/c1-7-4-10(5-9(7)11)8-2-3-12-6-8/h7-9,11H,2-6H2,1H3. The van der Waals surface area contributed by atoms with Crippen LogP contribution in [0.4, 0.5) is 0 Å². The highest BCUT2D eigenvalue weighted by Crippen LogP contribution is 2.22. The third kappa shape index (κ3) is 1.49. The van der Waals surface area contributed by atoms with Crippen LogP contribution in [0.2, 0.25) is 0 Å². The van der Waals surface area contributed by atoms with Gasteiger partial charge in [0.15, 0.2) is 0 Å². The molecule has 2 aliphatic rings. The second kappa shape index (κ2) is 3.32. The van der Waals surface area contributed by atoms with Crippen LogP contribution in [0.5, 0.6) is 0 Å². The molecular weight excluding hydrogens is 154 g/mol. The molecule has 0 aromatic rings. The summed E-state index contributed by atoms with van der Waals surface area (Å²) in [5.74, 6) is 0.436. The predicted octanol–water partition coefficient (Wildman–Crippen LogP) is 0.0879. The van der Waals surface area contributed by atoms with Crippen molar-refractivity contribution in [2.75, 3.05) is 26.3 Å². The molecule has 3 atom stereocenters. The van der Waals surface area contributed by atoms with Crippen LogP contribution in [0.15, 0.2) is 0 Å². The lowest BCUT2D eigenvalue weighted by Crippen LogP contribution is -2.34. The van der Waals surface area contributed by atoms with Crippen molar-refractivity contribution in [1.29, 1.82) is 0 Å². The van der Waals surface area contributed by atoms with Crippen LogP contribution in [-0.4, -0.2) is 48.5 Å². The van der Waals surface area contributed by atoms with Crippen molar-refractivity contribution in [3.63, 3.8) is 0 Å². The number of hydrogen-bond acceptors (Lipinski definition) is 3. The number of aliphatic hydroxyl groups excluding tert-OH is 1. The van der Waals surface area contributed by atoms with Crippen molar-refractivity contribution in [2.24, 2.45) is 5.92 Å². The Hall–Kier alpha value is -0.120. The molecule has 0 radical (unpaired) electrons. The van der Waals surface area contributed by atoms with E-state index in [4.69, 9.17) is 4.74 Å². The van der Waals surface area contributed by atoms with Gasteiger partial charge < -0.3 is 9.84 Å². The molecule has 0 aromatic carbocycles. The van der Waals surface area contributed by atoms with Crippen LogP contribution >= 0.6 is 0 Å². The maximum atomic E-state index is 9.55. The van der Waals surface area contributed by atoms with Gasteiger partial charge in [-0.05, 0) is 12.3 Å². The van der Waals surface area contributed by atoms with Crippen molar-refractivity contribution in [3.8, 4) is 0 Å². The van der Waals surface area contributed by atoms with Crippen molar-refractivity contribution in [1.82, 2.24) is 4.90 Å². The summed E-state index contributed by atoms with van der Waals surface area (Å²) >= 11 is 0. The topological polar surface area (TPSA) is 32.7 Å². The van der Waals surface area contributed by atoms with Gasteiger partial charge in [0, 0.05) is 25.7 Å². The van der Waals surface area contributed by atoms with Gasteiger partial charge in [0.2, 0.25) is 0 Å². The van der Waals surface area contributed by atoms with E-state index in [9.17, 15) is 5.11 Å². The number of ether oxygens (including phenoxy) is 1. The summed E-state index contributed by atoms with van der Waals surface area (Å²) < 4.78 is 5.32. The minimum absolute atomic E-state index is 0.120. The fourth-order valence-corrected chi connectivity index (χ4v) is 2.09. The van der Waals surface area contributed by atoms with E-state index < -0.39 is 0 Å². The van der Waals surface area contributed by atoms with E-state index in [1.165, 1.54) is 0 Å². The normalized spacial score (nSPS) is 44.0. The van der Waals surface area contributed by atoms with Gasteiger partial charge in [-0.25, -0.2) is 0 Å². The lowest BCUT2D eigenvalue weighted by Gasteiger charge is -2.21. The highest BCUT2D eigenvalue weighted by atomic mass is 16.5. The largest absolute Gasteiger partial charge is 0.391 e. The van der Waals surface area contributed by atoms with Crippen LogP contribution < -0.4 is 0 Å². The number of aliphatic hydroxyl groups is 1. The van der Waals surface area contributed by atoms with Gasteiger partial charge in [-0.3, -0.25) is 4.90 Å². The molecule has 70 valence electrons. The summed E-state index contributed by atoms with van der Waals surface area (Å²) in [4.78, 5) is 2.36. The Morgan fingerprint density at radius 2 is 2.25 bits per heavy atom. The highest BCUT2D eigenvalue weighted by molar-refractivity contribution is 4.86. The molecule has 0 amide bonds. The third-order valence-electron chi connectivity index (χ3n) is 3.02. The molecule has 0 aromatic heterocycles. The van der Waals surface area contributed by atoms with E-state index in [1.54, 1.807) is 0 Å². The van der Waals surface area contributed by atoms with Gasteiger partial charge in [0.25, 0.3) is 0 Å². The summed E-state index contributed by atoms with van der Waals surface area (Å²) in [7, 11) is 0. The Morgan fingerprint density at radius 1 is 1.42 bits per heavy atom. The first-order valence-electron chi connectivity index (χ1n) is 4.77. The molecule has 0 spiro atoms. The van der Waals surface area contributed by atoms with Gasteiger partial charge >= 0.3 is 0 Å². The molecule has 0 saturated carbocycles. The first kappa shape index (κ1) is 8.48. The molecule has 2 rings (SSSR count). The van der Waals surface area contributed by atoms with E-state index in [0.29, 0.717) is 12.0 Å². The van der Waals surface area contributed by atoms with E-state index in [-0.39, 0.29) is 6.10 Å². The smallest absolute Gasteiger partial charge is 0.0704 e. The molecule has 3 heteroatoms. The van der Waals surface area contributed by atoms with Gasteiger partial charge in [-0.2, -0.15) is 0 Å². The first-order chi connectivity index (χ1) is 5.77. The van der Waals surface area contributed by atoms with Gasteiger partial charge in [0.1, 0.15) is 0 Å². The second-order valence-electron chi connectivity index (χ2n) is 4.02. The zero-order valence-electron chi connectivity index (χ0n) is 7.57. The molecule has 1 N–H and O–H groups in total. The predicted molar refractivity (Wildman–Crippen MR) is 46.0 cm³/mol. The quantitative estimate of drug-likeness (QED) is 0.607. The number of likely N-dealkylation sites (tertiary alicyclic amines) is 1. The highest BCUT2D eigenvalue weighted by Gasteiger charge is 2.33.